The zero-order valence-electron chi connectivity index (χ0n) is 15.0. The number of nitrogens with one attached hydrogen (secondary N) is 1. The van der Waals surface area contributed by atoms with Crippen molar-refractivity contribution in [1.29, 1.82) is 0 Å². The van der Waals surface area contributed by atoms with E-state index < -0.39 is 0 Å². The van der Waals surface area contributed by atoms with Crippen LogP contribution in [-0.4, -0.2) is 25.2 Å². The SMILES string of the molecule is CCc1ccc(NC(=O)CCN(C(C)=O)c2ccc3c(c2)OCO3)cc1. The maximum atomic E-state index is 12.2. The van der Waals surface area contributed by atoms with Gasteiger partial charge in [-0.25, -0.2) is 0 Å². The molecule has 3 rings (SSSR count). The Morgan fingerprint density at radius 3 is 2.50 bits per heavy atom. The highest BCUT2D eigenvalue weighted by Crippen LogP contribution is 2.35. The minimum Gasteiger partial charge on any atom is -0.454 e. The summed E-state index contributed by atoms with van der Waals surface area (Å²) in [7, 11) is 0. The molecule has 1 aliphatic heterocycles. The van der Waals surface area contributed by atoms with Crippen molar-refractivity contribution in [2.45, 2.75) is 26.7 Å². The number of carbonyl (C=O) groups excluding carboxylic acids is 2. The second-order valence-corrected chi connectivity index (χ2v) is 6.06. The van der Waals surface area contributed by atoms with Crippen LogP contribution in [-0.2, 0) is 16.0 Å². The molecule has 2 aromatic carbocycles. The number of aryl methyl sites for hydroxylation is 1. The smallest absolute Gasteiger partial charge is 0.231 e. The van der Waals surface area contributed by atoms with E-state index in [4.69, 9.17) is 9.47 Å². The van der Waals surface area contributed by atoms with E-state index in [0.29, 0.717) is 17.2 Å². The summed E-state index contributed by atoms with van der Waals surface area (Å²) in [5.41, 5.74) is 2.65. The van der Waals surface area contributed by atoms with Crippen LogP contribution in [0.5, 0.6) is 11.5 Å². The second-order valence-electron chi connectivity index (χ2n) is 6.06. The Balaban J connectivity index is 1.61. The fourth-order valence-electron chi connectivity index (χ4n) is 2.78. The Morgan fingerprint density at radius 2 is 1.81 bits per heavy atom. The second kappa shape index (κ2) is 7.91. The molecule has 0 aliphatic carbocycles. The standard InChI is InChI=1S/C20H22N2O4/c1-3-15-4-6-16(7-5-15)21-20(24)10-11-22(14(2)23)17-8-9-18-19(12-17)26-13-25-18/h4-9,12H,3,10-11,13H2,1-2H3,(H,21,24). The third kappa shape index (κ3) is 4.14. The van der Waals surface area contributed by atoms with Crippen molar-refractivity contribution in [3.63, 3.8) is 0 Å². The molecular weight excluding hydrogens is 332 g/mol. The van der Waals surface area contributed by atoms with Crippen LogP contribution in [0.4, 0.5) is 11.4 Å². The highest BCUT2D eigenvalue weighted by Gasteiger charge is 2.19. The Labute approximate surface area is 152 Å². The number of fused-ring (bicyclic) bond motifs is 1. The number of anilines is 2. The first-order valence-corrected chi connectivity index (χ1v) is 8.63. The third-order valence-corrected chi connectivity index (χ3v) is 4.26. The molecule has 0 aromatic heterocycles. The highest BCUT2D eigenvalue weighted by atomic mass is 16.7. The zero-order valence-corrected chi connectivity index (χ0v) is 15.0. The summed E-state index contributed by atoms with van der Waals surface area (Å²) in [5.74, 6) is 0.991. The molecule has 1 aliphatic rings. The van der Waals surface area contributed by atoms with Crippen LogP contribution in [0.2, 0.25) is 0 Å². The number of ether oxygens (including phenoxy) is 2. The van der Waals surface area contributed by atoms with E-state index in [-0.39, 0.29) is 31.6 Å². The van der Waals surface area contributed by atoms with Gasteiger partial charge in [0, 0.05) is 37.3 Å². The lowest BCUT2D eigenvalue weighted by Crippen LogP contribution is -2.31. The molecule has 1 N–H and O–H groups in total. The molecule has 6 heteroatoms. The molecule has 0 unspecified atom stereocenters. The maximum Gasteiger partial charge on any atom is 0.231 e. The molecule has 0 saturated carbocycles. The van der Waals surface area contributed by atoms with E-state index in [0.717, 1.165) is 12.1 Å². The van der Waals surface area contributed by atoms with E-state index in [2.05, 4.69) is 12.2 Å². The molecule has 26 heavy (non-hydrogen) atoms. The minimum absolute atomic E-state index is 0.135. The molecule has 0 bridgehead atoms. The summed E-state index contributed by atoms with van der Waals surface area (Å²) in [5, 5.41) is 2.86. The van der Waals surface area contributed by atoms with E-state index in [1.165, 1.54) is 12.5 Å². The number of hydrogen-bond donors (Lipinski definition) is 1. The normalized spacial score (nSPS) is 11.9. The molecule has 0 spiro atoms. The summed E-state index contributed by atoms with van der Waals surface area (Å²) >= 11 is 0. The molecule has 0 saturated heterocycles. The Hall–Kier alpha value is -3.02. The van der Waals surface area contributed by atoms with Gasteiger partial charge in [0.05, 0.1) is 0 Å². The van der Waals surface area contributed by atoms with Gasteiger partial charge in [0.25, 0.3) is 0 Å². The van der Waals surface area contributed by atoms with Crippen LogP contribution < -0.4 is 19.7 Å². The molecule has 136 valence electrons. The molecule has 1 heterocycles. The van der Waals surface area contributed by atoms with E-state index in [1.54, 1.807) is 23.1 Å². The van der Waals surface area contributed by atoms with Crippen LogP contribution in [0.15, 0.2) is 42.5 Å². The van der Waals surface area contributed by atoms with E-state index in [1.807, 2.05) is 24.3 Å². The van der Waals surface area contributed by atoms with Gasteiger partial charge < -0.3 is 19.7 Å². The maximum absolute atomic E-state index is 12.2. The molecular formula is C20H22N2O4. The van der Waals surface area contributed by atoms with Gasteiger partial charge in [0.15, 0.2) is 11.5 Å². The van der Waals surface area contributed by atoms with Crippen molar-refractivity contribution in [2.24, 2.45) is 0 Å². The van der Waals surface area contributed by atoms with Crippen molar-refractivity contribution in [1.82, 2.24) is 0 Å². The number of amides is 2. The fourth-order valence-corrected chi connectivity index (χ4v) is 2.78. The van der Waals surface area contributed by atoms with Crippen LogP contribution in [0, 0.1) is 0 Å². The average molecular weight is 354 g/mol. The molecule has 0 atom stereocenters. The van der Waals surface area contributed by atoms with Crippen LogP contribution >= 0.6 is 0 Å². The lowest BCUT2D eigenvalue weighted by Gasteiger charge is -2.21. The predicted molar refractivity (Wildman–Crippen MR) is 99.7 cm³/mol. The lowest BCUT2D eigenvalue weighted by molar-refractivity contribution is -0.117. The van der Waals surface area contributed by atoms with Crippen LogP contribution in [0.1, 0.15) is 25.8 Å². The first-order chi connectivity index (χ1) is 12.6. The quantitative estimate of drug-likeness (QED) is 0.864. The topological polar surface area (TPSA) is 67.9 Å². The molecule has 6 nitrogen and oxygen atoms in total. The van der Waals surface area contributed by atoms with Crippen molar-refractivity contribution in [3.05, 3.63) is 48.0 Å². The predicted octanol–water partition coefficient (Wildman–Crippen LogP) is 3.36. The van der Waals surface area contributed by atoms with Crippen molar-refractivity contribution >= 4 is 23.2 Å². The Kier molecular flexibility index (Phi) is 5.41. The van der Waals surface area contributed by atoms with Gasteiger partial charge in [0.2, 0.25) is 18.6 Å². The molecule has 2 aromatic rings. The molecule has 0 radical (unpaired) electrons. The number of rotatable bonds is 6. The monoisotopic (exact) mass is 354 g/mol. The van der Waals surface area contributed by atoms with Gasteiger partial charge in [-0.2, -0.15) is 0 Å². The number of hydrogen-bond acceptors (Lipinski definition) is 4. The summed E-state index contributed by atoms with van der Waals surface area (Å²) in [6, 6.07) is 13.1. The summed E-state index contributed by atoms with van der Waals surface area (Å²) in [4.78, 5) is 25.8. The minimum atomic E-state index is -0.138. The first-order valence-electron chi connectivity index (χ1n) is 8.63. The number of nitrogens with zero attached hydrogens (tertiary/aromatic N) is 1. The van der Waals surface area contributed by atoms with Gasteiger partial charge in [-0.05, 0) is 36.2 Å². The Bertz CT molecular complexity index is 802. The third-order valence-electron chi connectivity index (χ3n) is 4.26. The summed E-state index contributed by atoms with van der Waals surface area (Å²) < 4.78 is 10.6. The largest absolute Gasteiger partial charge is 0.454 e. The van der Waals surface area contributed by atoms with Gasteiger partial charge in [-0.1, -0.05) is 19.1 Å². The van der Waals surface area contributed by atoms with Crippen molar-refractivity contribution in [3.8, 4) is 11.5 Å². The van der Waals surface area contributed by atoms with Crippen LogP contribution in [0.25, 0.3) is 0 Å². The van der Waals surface area contributed by atoms with E-state index >= 15 is 0 Å². The van der Waals surface area contributed by atoms with Gasteiger partial charge >= 0.3 is 0 Å². The van der Waals surface area contributed by atoms with Gasteiger partial charge in [-0.3, -0.25) is 9.59 Å². The fraction of sp³-hybridized carbons (Fsp3) is 0.300. The first kappa shape index (κ1) is 17.8. The van der Waals surface area contributed by atoms with Crippen molar-refractivity contribution in [2.75, 3.05) is 23.6 Å². The van der Waals surface area contributed by atoms with Gasteiger partial charge in [0.1, 0.15) is 0 Å². The Morgan fingerprint density at radius 1 is 1.08 bits per heavy atom. The zero-order chi connectivity index (χ0) is 18.5. The summed E-state index contributed by atoms with van der Waals surface area (Å²) in [6.45, 7) is 4.03. The summed E-state index contributed by atoms with van der Waals surface area (Å²) in [6.07, 6.45) is 1.15. The number of carbonyl (C=O) groups is 2. The highest BCUT2D eigenvalue weighted by molar-refractivity contribution is 5.95. The van der Waals surface area contributed by atoms with Crippen molar-refractivity contribution < 1.29 is 19.1 Å². The van der Waals surface area contributed by atoms with E-state index in [9.17, 15) is 9.59 Å². The van der Waals surface area contributed by atoms with Gasteiger partial charge in [-0.15, -0.1) is 0 Å². The lowest BCUT2D eigenvalue weighted by atomic mass is 10.1. The number of benzene rings is 2. The molecule has 0 fully saturated rings. The average Bonchev–Trinajstić information content (AvgIpc) is 3.10. The molecule has 2 amide bonds. The van der Waals surface area contributed by atoms with Crippen LogP contribution in [0.3, 0.4) is 0 Å².